The van der Waals surface area contributed by atoms with Gasteiger partial charge in [-0.2, -0.15) is 10.2 Å². The average molecular weight is 234 g/mol. The van der Waals surface area contributed by atoms with E-state index in [0.29, 0.717) is 6.54 Å². The Morgan fingerprint density at radius 1 is 1.41 bits per heavy atom. The molecule has 0 aromatic carbocycles. The molecular weight excluding hydrogens is 216 g/mol. The van der Waals surface area contributed by atoms with Crippen LogP contribution < -0.4 is 5.32 Å². The van der Waals surface area contributed by atoms with Gasteiger partial charge in [-0.05, 0) is 13.5 Å². The molecule has 0 bridgehead atoms. The van der Waals surface area contributed by atoms with Gasteiger partial charge in [0, 0.05) is 25.4 Å². The van der Waals surface area contributed by atoms with Gasteiger partial charge in [-0.1, -0.05) is 6.92 Å². The van der Waals surface area contributed by atoms with Crippen LogP contribution >= 0.6 is 0 Å². The lowest BCUT2D eigenvalue weighted by molar-refractivity contribution is 0.604. The summed E-state index contributed by atoms with van der Waals surface area (Å²) in [6.45, 7) is 6.61. The molecule has 0 aliphatic rings. The van der Waals surface area contributed by atoms with Gasteiger partial charge in [-0.15, -0.1) is 0 Å². The predicted molar refractivity (Wildman–Crippen MR) is 64.4 cm³/mol. The van der Waals surface area contributed by atoms with Gasteiger partial charge in [0.1, 0.15) is 18.7 Å². The summed E-state index contributed by atoms with van der Waals surface area (Å²) >= 11 is 0. The first-order valence-corrected chi connectivity index (χ1v) is 5.77. The van der Waals surface area contributed by atoms with Crippen molar-refractivity contribution in [3.63, 3.8) is 0 Å². The molecule has 92 valence electrons. The monoisotopic (exact) mass is 234 g/mol. The van der Waals surface area contributed by atoms with Crippen LogP contribution in [0.25, 0.3) is 0 Å². The standard InChI is InChI=1S/C11H18N6/c1-4-12-5-10-6-17(15-9(10)2)7-11-13-8-14-16(11)3/h6,8,12H,4-5,7H2,1-3H3. The third-order valence-electron chi connectivity index (χ3n) is 2.72. The van der Waals surface area contributed by atoms with E-state index in [2.05, 4.69) is 33.6 Å². The normalized spacial score (nSPS) is 11.0. The number of nitrogens with zero attached hydrogens (tertiary/aromatic N) is 5. The van der Waals surface area contributed by atoms with E-state index < -0.39 is 0 Å². The molecule has 0 saturated heterocycles. The van der Waals surface area contributed by atoms with Gasteiger partial charge >= 0.3 is 0 Å². The quantitative estimate of drug-likeness (QED) is 0.817. The molecule has 0 spiro atoms. The average Bonchev–Trinajstić information content (AvgIpc) is 2.84. The van der Waals surface area contributed by atoms with Crippen molar-refractivity contribution in [2.45, 2.75) is 26.9 Å². The molecular formula is C11H18N6. The maximum Gasteiger partial charge on any atom is 0.148 e. The molecule has 0 saturated carbocycles. The first-order valence-electron chi connectivity index (χ1n) is 5.77. The highest BCUT2D eigenvalue weighted by molar-refractivity contribution is 5.15. The Kier molecular flexibility index (Phi) is 3.53. The molecule has 6 heteroatoms. The van der Waals surface area contributed by atoms with Gasteiger partial charge < -0.3 is 5.32 Å². The molecule has 0 aliphatic heterocycles. The summed E-state index contributed by atoms with van der Waals surface area (Å²) in [4.78, 5) is 4.19. The first-order chi connectivity index (χ1) is 8.20. The van der Waals surface area contributed by atoms with Crippen LogP contribution in [0.2, 0.25) is 0 Å². The van der Waals surface area contributed by atoms with Crippen molar-refractivity contribution in [2.75, 3.05) is 6.54 Å². The van der Waals surface area contributed by atoms with Crippen LogP contribution in [0.1, 0.15) is 24.0 Å². The van der Waals surface area contributed by atoms with Gasteiger partial charge in [0.15, 0.2) is 0 Å². The zero-order valence-electron chi connectivity index (χ0n) is 10.5. The van der Waals surface area contributed by atoms with Gasteiger partial charge in [0.05, 0.1) is 5.69 Å². The summed E-state index contributed by atoms with van der Waals surface area (Å²) in [5.41, 5.74) is 2.29. The van der Waals surface area contributed by atoms with Crippen molar-refractivity contribution in [1.82, 2.24) is 29.9 Å². The molecule has 1 N–H and O–H groups in total. The van der Waals surface area contributed by atoms with E-state index in [4.69, 9.17) is 0 Å². The number of hydrogen-bond donors (Lipinski definition) is 1. The molecule has 2 rings (SSSR count). The second-order valence-corrected chi connectivity index (χ2v) is 4.02. The Labute approximate surface area is 101 Å². The minimum Gasteiger partial charge on any atom is -0.313 e. The van der Waals surface area contributed by atoms with Crippen LogP contribution in [0.15, 0.2) is 12.5 Å². The maximum absolute atomic E-state index is 4.48. The van der Waals surface area contributed by atoms with E-state index in [1.165, 1.54) is 5.56 Å². The van der Waals surface area contributed by atoms with Crippen molar-refractivity contribution in [3.8, 4) is 0 Å². The number of aryl methyl sites for hydroxylation is 2. The zero-order valence-corrected chi connectivity index (χ0v) is 10.5. The largest absolute Gasteiger partial charge is 0.313 e. The molecule has 17 heavy (non-hydrogen) atoms. The number of rotatable bonds is 5. The summed E-state index contributed by atoms with van der Waals surface area (Å²) in [6, 6.07) is 0. The number of hydrogen-bond acceptors (Lipinski definition) is 4. The molecule has 2 aromatic rings. The van der Waals surface area contributed by atoms with Crippen LogP contribution in [0, 0.1) is 6.92 Å². The highest BCUT2D eigenvalue weighted by atomic mass is 15.4. The summed E-state index contributed by atoms with van der Waals surface area (Å²) in [5.74, 6) is 0.905. The van der Waals surface area contributed by atoms with E-state index in [1.54, 1.807) is 11.0 Å². The second-order valence-electron chi connectivity index (χ2n) is 4.02. The Bertz CT molecular complexity index is 484. The molecule has 0 fully saturated rings. The summed E-state index contributed by atoms with van der Waals surface area (Å²) < 4.78 is 3.67. The smallest absolute Gasteiger partial charge is 0.148 e. The molecule has 0 unspecified atom stereocenters. The lowest BCUT2D eigenvalue weighted by Gasteiger charge is -2.00. The minimum absolute atomic E-state index is 0.656. The van der Waals surface area contributed by atoms with Crippen molar-refractivity contribution in [1.29, 1.82) is 0 Å². The molecule has 6 nitrogen and oxygen atoms in total. The fourth-order valence-electron chi connectivity index (χ4n) is 1.68. The molecule has 2 heterocycles. The molecule has 0 atom stereocenters. The van der Waals surface area contributed by atoms with E-state index in [9.17, 15) is 0 Å². The fraction of sp³-hybridized carbons (Fsp3) is 0.545. The Hall–Kier alpha value is -1.69. The highest BCUT2D eigenvalue weighted by Crippen LogP contribution is 2.06. The van der Waals surface area contributed by atoms with Crippen molar-refractivity contribution in [3.05, 3.63) is 29.6 Å². The first kappa shape index (κ1) is 11.8. The molecule has 0 amide bonds. The SMILES string of the molecule is CCNCc1cn(Cc2ncnn2C)nc1C. The lowest BCUT2D eigenvalue weighted by Crippen LogP contribution is -2.11. The summed E-state index contributed by atoms with van der Waals surface area (Å²) in [7, 11) is 1.89. The van der Waals surface area contributed by atoms with Crippen LogP contribution in [-0.4, -0.2) is 31.1 Å². The van der Waals surface area contributed by atoms with Crippen LogP contribution in [0.5, 0.6) is 0 Å². The van der Waals surface area contributed by atoms with E-state index >= 15 is 0 Å². The van der Waals surface area contributed by atoms with E-state index in [0.717, 1.165) is 24.6 Å². The topological polar surface area (TPSA) is 60.6 Å². The van der Waals surface area contributed by atoms with Crippen LogP contribution in [0.3, 0.4) is 0 Å². The summed E-state index contributed by atoms with van der Waals surface area (Å²) in [5, 5.41) is 11.8. The van der Waals surface area contributed by atoms with Gasteiger partial charge in [-0.3, -0.25) is 9.36 Å². The zero-order chi connectivity index (χ0) is 12.3. The fourth-order valence-corrected chi connectivity index (χ4v) is 1.68. The van der Waals surface area contributed by atoms with E-state index in [-0.39, 0.29) is 0 Å². The van der Waals surface area contributed by atoms with Gasteiger partial charge in [0.25, 0.3) is 0 Å². The predicted octanol–water partition coefficient (Wildman–Crippen LogP) is 0.478. The maximum atomic E-state index is 4.48. The molecule has 2 aromatic heterocycles. The van der Waals surface area contributed by atoms with Crippen LogP contribution in [-0.2, 0) is 20.1 Å². The summed E-state index contributed by atoms with van der Waals surface area (Å²) in [6.07, 6.45) is 3.62. The third kappa shape index (κ3) is 2.71. The van der Waals surface area contributed by atoms with Crippen molar-refractivity contribution >= 4 is 0 Å². The number of nitrogens with one attached hydrogen (secondary N) is 1. The van der Waals surface area contributed by atoms with Crippen LogP contribution in [0.4, 0.5) is 0 Å². The van der Waals surface area contributed by atoms with Crippen molar-refractivity contribution in [2.24, 2.45) is 7.05 Å². The second kappa shape index (κ2) is 5.09. The van der Waals surface area contributed by atoms with Crippen molar-refractivity contribution < 1.29 is 0 Å². The molecule has 0 radical (unpaired) electrons. The number of aromatic nitrogens is 5. The molecule has 0 aliphatic carbocycles. The minimum atomic E-state index is 0.656. The van der Waals surface area contributed by atoms with Gasteiger partial charge in [0.2, 0.25) is 0 Å². The van der Waals surface area contributed by atoms with E-state index in [1.807, 2.05) is 18.7 Å². The lowest BCUT2D eigenvalue weighted by atomic mass is 10.2. The third-order valence-corrected chi connectivity index (χ3v) is 2.72. The van der Waals surface area contributed by atoms with Gasteiger partial charge in [-0.25, -0.2) is 4.98 Å². The highest BCUT2D eigenvalue weighted by Gasteiger charge is 2.07. The Morgan fingerprint density at radius 2 is 2.24 bits per heavy atom. The Morgan fingerprint density at radius 3 is 2.88 bits per heavy atom. The Balaban J connectivity index is 2.09.